The molecule has 0 aliphatic rings. The number of amides is 1. The molecular weight excluding hydrogens is 242 g/mol. The molecule has 0 aliphatic carbocycles. The normalized spacial score (nSPS) is 9.47. The second-order valence-electron chi connectivity index (χ2n) is 3.77. The molecule has 0 fully saturated rings. The molecule has 1 N–H and O–H groups in total. The second kappa shape index (κ2) is 5.65. The number of carbonyl (C=O) groups is 1. The molecule has 0 aliphatic heterocycles. The van der Waals surface area contributed by atoms with Gasteiger partial charge < -0.3 is 10.1 Å². The highest BCUT2D eigenvalue weighted by molar-refractivity contribution is 5.90. The van der Waals surface area contributed by atoms with Crippen LogP contribution in [0.5, 0.6) is 11.6 Å². The van der Waals surface area contributed by atoms with E-state index < -0.39 is 0 Å². The maximum Gasteiger partial charge on any atom is 0.221 e. The highest BCUT2D eigenvalue weighted by Gasteiger charge is 2.06. The molecule has 0 unspecified atom stereocenters. The zero-order valence-corrected chi connectivity index (χ0v) is 10.3. The summed E-state index contributed by atoms with van der Waals surface area (Å²) >= 11 is 0. The molecule has 0 saturated carbocycles. The van der Waals surface area contributed by atoms with Crippen LogP contribution in [-0.4, -0.2) is 10.9 Å². The first-order valence-corrected chi connectivity index (χ1v) is 5.59. The molecule has 0 saturated heterocycles. The van der Waals surface area contributed by atoms with Crippen molar-refractivity contribution in [1.82, 2.24) is 4.98 Å². The molecule has 0 bridgehead atoms. The standard InChI is InChI=1S/C14H11N3O2/c1-10(18)17-12-4-2-3-5-13(12)19-14-8-11(9-15)6-7-16-14/h2-8H,1H3,(H,17,18). The minimum Gasteiger partial charge on any atom is -0.437 e. The molecular formula is C14H11N3O2. The van der Waals surface area contributed by atoms with Crippen molar-refractivity contribution in [2.45, 2.75) is 6.92 Å². The van der Waals surface area contributed by atoms with Crippen LogP contribution in [0.4, 0.5) is 5.69 Å². The number of nitrogens with zero attached hydrogens (tertiary/aromatic N) is 2. The van der Waals surface area contributed by atoms with Gasteiger partial charge in [0.2, 0.25) is 11.8 Å². The van der Waals surface area contributed by atoms with Crippen molar-refractivity contribution in [3.05, 3.63) is 48.2 Å². The Morgan fingerprint density at radius 2 is 2.16 bits per heavy atom. The van der Waals surface area contributed by atoms with Gasteiger partial charge in [-0.2, -0.15) is 5.26 Å². The molecule has 0 spiro atoms. The van der Waals surface area contributed by atoms with E-state index in [9.17, 15) is 4.79 Å². The number of nitriles is 1. The molecule has 5 heteroatoms. The van der Waals surface area contributed by atoms with Gasteiger partial charge in [0.05, 0.1) is 17.3 Å². The van der Waals surface area contributed by atoms with Gasteiger partial charge in [0.25, 0.3) is 0 Å². The SMILES string of the molecule is CC(=O)Nc1ccccc1Oc1cc(C#N)ccn1. The predicted molar refractivity (Wildman–Crippen MR) is 69.8 cm³/mol. The lowest BCUT2D eigenvalue weighted by atomic mass is 10.3. The third-order valence-corrected chi connectivity index (χ3v) is 2.28. The number of rotatable bonds is 3. The molecule has 2 rings (SSSR count). The number of hydrogen-bond donors (Lipinski definition) is 1. The molecule has 0 atom stereocenters. The minimum atomic E-state index is -0.185. The molecule has 19 heavy (non-hydrogen) atoms. The molecule has 0 radical (unpaired) electrons. The van der Waals surface area contributed by atoms with E-state index >= 15 is 0 Å². The summed E-state index contributed by atoms with van der Waals surface area (Å²) in [6.07, 6.45) is 1.49. The highest BCUT2D eigenvalue weighted by atomic mass is 16.5. The second-order valence-corrected chi connectivity index (χ2v) is 3.77. The number of benzene rings is 1. The van der Waals surface area contributed by atoms with E-state index in [1.54, 1.807) is 30.3 Å². The largest absolute Gasteiger partial charge is 0.437 e. The molecule has 2 aromatic rings. The third kappa shape index (κ3) is 3.30. The number of hydrogen-bond acceptors (Lipinski definition) is 4. The maximum absolute atomic E-state index is 11.1. The summed E-state index contributed by atoms with van der Waals surface area (Å²) in [4.78, 5) is 15.1. The van der Waals surface area contributed by atoms with Gasteiger partial charge in [-0.05, 0) is 18.2 Å². The van der Waals surface area contributed by atoms with E-state index in [2.05, 4.69) is 10.3 Å². The summed E-state index contributed by atoms with van der Waals surface area (Å²) in [7, 11) is 0. The van der Waals surface area contributed by atoms with Crippen LogP contribution in [0.1, 0.15) is 12.5 Å². The van der Waals surface area contributed by atoms with Crippen molar-refractivity contribution in [2.24, 2.45) is 0 Å². The maximum atomic E-state index is 11.1. The number of aromatic nitrogens is 1. The quantitative estimate of drug-likeness (QED) is 0.912. The minimum absolute atomic E-state index is 0.185. The van der Waals surface area contributed by atoms with Crippen LogP contribution in [0.3, 0.4) is 0 Å². The first-order valence-electron chi connectivity index (χ1n) is 5.59. The van der Waals surface area contributed by atoms with Gasteiger partial charge in [-0.3, -0.25) is 4.79 Å². The average molecular weight is 253 g/mol. The van der Waals surface area contributed by atoms with E-state index in [4.69, 9.17) is 10.00 Å². The van der Waals surface area contributed by atoms with E-state index in [0.717, 1.165) is 0 Å². The Bertz CT molecular complexity index is 647. The lowest BCUT2D eigenvalue weighted by molar-refractivity contribution is -0.114. The number of anilines is 1. The van der Waals surface area contributed by atoms with Crippen LogP contribution < -0.4 is 10.1 Å². The fourth-order valence-corrected chi connectivity index (χ4v) is 1.50. The van der Waals surface area contributed by atoms with Crippen LogP contribution in [-0.2, 0) is 4.79 Å². The van der Waals surface area contributed by atoms with Crippen molar-refractivity contribution in [1.29, 1.82) is 5.26 Å². The lowest BCUT2D eigenvalue weighted by Gasteiger charge is -2.10. The Labute approximate surface area is 110 Å². The Morgan fingerprint density at radius 1 is 1.37 bits per heavy atom. The van der Waals surface area contributed by atoms with Crippen LogP contribution in [0.15, 0.2) is 42.6 Å². The van der Waals surface area contributed by atoms with E-state index in [-0.39, 0.29) is 5.91 Å². The summed E-state index contributed by atoms with van der Waals surface area (Å²) in [5, 5.41) is 11.5. The molecule has 94 valence electrons. The first kappa shape index (κ1) is 12.6. The zero-order valence-electron chi connectivity index (χ0n) is 10.3. The lowest BCUT2D eigenvalue weighted by Crippen LogP contribution is -2.06. The Balaban J connectivity index is 2.27. The van der Waals surface area contributed by atoms with Gasteiger partial charge >= 0.3 is 0 Å². The number of ether oxygens (including phenoxy) is 1. The fraction of sp³-hybridized carbons (Fsp3) is 0.0714. The Kier molecular flexibility index (Phi) is 3.74. The number of pyridine rings is 1. The summed E-state index contributed by atoms with van der Waals surface area (Å²) in [5.74, 6) is 0.590. The van der Waals surface area contributed by atoms with Crippen molar-refractivity contribution in [2.75, 3.05) is 5.32 Å². The topological polar surface area (TPSA) is 75.0 Å². The van der Waals surface area contributed by atoms with Crippen LogP contribution in [0, 0.1) is 11.3 Å². The summed E-state index contributed by atoms with van der Waals surface area (Å²) in [6, 6.07) is 12.1. The molecule has 5 nitrogen and oxygen atoms in total. The highest BCUT2D eigenvalue weighted by Crippen LogP contribution is 2.28. The van der Waals surface area contributed by atoms with Crippen LogP contribution in [0.2, 0.25) is 0 Å². The van der Waals surface area contributed by atoms with Gasteiger partial charge in [-0.1, -0.05) is 12.1 Å². The van der Waals surface area contributed by atoms with Gasteiger partial charge in [-0.15, -0.1) is 0 Å². The van der Waals surface area contributed by atoms with Crippen molar-refractivity contribution in [3.63, 3.8) is 0 Å². The van der Waals surface area contributed by atoms with Gasteiger partial charge in [0, 0.05) is 19.2 Å². The Morgan fingerprint density at radius 3 is 2.89 bits per heavy atom. The smallest absolute Gasteiger partial charge is 0.221 e. The van der Waals surface area contributed by atoms with Crippen molar-refractivity contribution < 1.29 is 9.53 Å². The average Bonchev–Trinajstić information content (AvgIpc) is 2.41. The first-order chi connectivity index (χ1) is 9.19. The third-order valence-electron chi connectivity index (χ3n) is 2.28. The number of para-hydroxylation sites is 2. The van der Waals surface area contributed by atoms with Crippen molar-refractivity contribution in [3.8, 4) is 17.7 Å². The monoisotopic (exact) mass is 253 g/mol. The number of carbonyl (C=O) groups excluding carboxylic acids is 1. The Hall–Kier alpha value is -2.87. The van der Waals surface area contributed by atoms with Gasteiger partial charge in [0.1, 0.15) is 0 Å². The van der Waals surface area contributed by atoms with E-state index in [0.29, 0.717) is 22.9 Å². The number of nitrogens with one attached hydrogen (secondary N) is 1. The summed E-state index contributed by atoms with van der Waals surface area (Å²) in [6.45, 7) is 1.42. The summed E-state index contributed by atoms with van der Waals surface area (Å²) < 4.78 is 5.58. The van der Waals surface area contributed by atoms with Crippen molar-refractivity contribution >= 4 is 11.6 Å². The molecule has 1 aromatic carbocycles. The summed E-state index contributed by atoms with van der Waals surface area (Å²) in [5.41, 5.74) is 1.01. The predicted octanol–water partition coefficient (Wildman–Crippen LogP) is 2.70. The van der Waals surface area contributed by atoms with Gasteiger partial charge in [-0.25, -0.2) is 4.98 Å². The zero-order chi connectivity index (χ0) is 13.7. The van der Waals surface area contributed by atoms with E-state index in [1.165, 1.54) is 19.2 Å². The molecule has 1 aromatic heterocycles. The van der Waals surface area contributed by atoms with E-state index in [1.807, 2.05) is 6.07 Å². The molecule has 1 amide bonds. The van der Waals surface area contributed by atoms with Crippen LogP contribution >= 0.6 is 0 Å². The van der Waals surface area contributed by atoms with Gasteiger partial charge in [0.15, 0.2) is 5.75 Å². The fourth-order valence-electron chi connectivity index (χ4n) is 1.50. The van der Waals surface area contributed by atoms with Crippen LogP contribution in [0.25, 0.3) is 0 Å². The molecule has 1 heterocycles.